The van der Waals surface area contributed by atoms with E-state index in [2.05, 4.69) is 4.98 Å². The van der Waals surface area contributed by atoms with Crippen LogP contribution in [0.4, 0.5) is 5.69 Å². The van der Waals surface area contributed by atoms with Crippen LogP contribution in [0.1, 0.15) is 28.6 Å². The van der Waals surface area contributed by atoms with Crippen LogP contribution in [0.25, 0.3) is 11.4 Å². The third-order valence-corrected chi connectivity index (χ3v) is 6.37. The number of aliphatic hydroxyl groups is 1. The minimum absolute atomic E-state index is 0.0735. The van der Waals surface area contributed by atoms with Gasteiger partial charge in [-0.1, -0.05) is 36.4 Å². The van der Waals surface area contributed by atoms with Gasteiger partial charge in [0.1, 0.15) is 11.3 Å². The number of benzene rings is 2. The van der Waals surface area contributed by atoms with Crippen molar-refractivity contribution in [3.05, 3.63) is 117 Å². The van der Waals surface area contributed by atoms with E-state index in [0.29, 0.717) is 29.0 Å². The fourth-order valence-corrected chi connectivity index (χ4v) is 4.66. The summed E-state index contributed by atoms with van der Waals surface area (Å²) in [7, 11) is 0. The Morgan fingerprint density at radius 2 is 1.72 bits per heavy atom. The first-order valence-electron chi connectivity index (χ1n) is 11.4. The lowest BCUT2D eigenvalue weighted by Crippen LogP contribution is -2.31. The molecule has 1 amide bonds. The summed E-state index contributed by atoms with van der Waals surface area (Å²) in [6.07, 6.45) is 2.21. The number of Topliss-reactive ketones (excluding diaryl/α,β-unsaturated/α-hetero) is 1. The molecule has 2 aromatic carbocycles. The summed E-state index contributed by atoms with van der Waals surface area (Å²) in [6.45, 7) is 1.94. The lowest BCUT2D eigenvalue weighted by molar-refractivity contribution is -0.384. The number of nitro groups is 1. The average Bonchev–Trinajstić information content (AvgIpc) is 3.35. The molecule has 3 heterocycles. The topological polar surface area (TPSA) is 118 Å². The third-order valence-electron chi connectivity index (χ3n) is 6.37. The fraction of sp³-hybridized carbons (Fsp3) is 0.148. The number of hydrogen-bond acceptors (Lipinski definition) is 6. The van der Waals surface area contributed by atoms with Gasteiger partial charge in [-0.3, -0.25) is 24.1 Å². The van der Waals surface area contributed by atoms with E-state index in [4.69, 9.17) is 0 Å². The summed E-state index contributed by atoms with van der Waals surface area (Å²) in [4.78, 5) is 43.1. The number of carbonyl (C=O) groups excluding carboxylic acids is 2. The molecule has 36 heavy (non-hydrogen) atoms. The number of aliphatic hydroxyl groups excluding tert-OH is 1. The highest BCUT2D eigenvalue weighted by molar-refractivity contribution is 6.46. The highest BCUT2D eigenvalue weighted by Gasteiger charge is 2.46. The Labute approximate surface area is 206 Å². The number of non-ortho nitro benzene ring substituents is 1. The molecule has 0 saturated carbocycles. The largest absolute Gasteiger partial charge is 0.505 e. The Kier molecular flexibility index (Phi) is 5.81. The molecular formula is C27H22N4O5. The number of aryl methyl sites for hydroxylation is 1. The van der Waals surface area contributed by atoms with Gasteiger partial charge < -0.3 is 10.0 Å². The van der Waals surface area contributed by atoms with Crippen molar-refractivity contribution in [2.75, 3.05) is 6.54 Å². The molecule has 1 unspecified atom stereocenters. The number of nitrogens with zero attached hydrogens (tertiary/aromatic N) is 4. The molecule has 9 heteroatoms. The van der Waals surface area contributed by atoms with Gasteiger partial charge >= 0.3 is 0 Å². The van der Waals surface area contributed by atoms with E-state index in [1.54, 1.807) is 29.7 Å². The van der Waals surface area contributed by atoms with Gasteiger partial charge in [-0.05, 0) is 48.7 Å². The van der Waals surface area contributed by atoms with E-state index in [1.807, 2.05) is 36.4 Å². The number of amides is 1. The van der Waals surface area contributed by atoms with Gasteiger partial charge in [-0.15, -0.1) is 0 Å². The molecule has 180 valence electrons. The maximum Gasteiger partial charge on any atom is 0.295 e. The summed E-state index contributed by atoms with van der Waals surface area (Å²) >= 11 is 0. The molecule has 1 saturated heterocycles. The second-order valence-corrected chi connectivity index (χ2v) is 8.55. The number of hydrogen-bond donors (Lipinski definition) is 1. The Bertz CT molecular complexity index is 1520. The number of nitro benzene ring substituents is 1. The maximum atomic E-state index is 13.3. The zero-order valence-electron chi connectivity index (χ0n) is 19.4. The monoisotopic (exact) mass is 482 g/mol. The van der Waals surface area contributed by atoms with Gasteiger partial charge in [0.25, 0.3) is 17.4 Å². The van der Waals surface area contributed by atoms with Crippen molar-refractivity contribution in [1.29, 1.82) is 0 Å². The van der Waals surface area contributed by atoms with Crippen LogP contribution in [-0.4, -0.2) is 42.5 Å². The molecule has 1 fully saturated rings. The average molecular weight is 482 g/mol. The molecule has 1 N–H and O–H groups in total. The molecular weight excluding hydrogens is 460 g/mol. The van der Waals surface area contributed by atoms with Crippen LogP contribution in [0.15, 0.2) is 84.6 Å². The van der Waals surface area contributed by atoms with Gasteiger partial charge in [-0.2, -0.15) is 0 Å². The third kappa shape index (κ3) is 3.90. The van der Waals surface area contributed by atoms with Crippen LogP contribution in [0, 0.1) is 17.0 Å². The van der Waals surface area contributed by atoms with Gasteiger partial charge in [0.15, 0.2) is 5.76 Å². The number of fused-ring (bicyclic) bond motifs is 1. The van der Waals surface area contributed by atoms with Crippen molar-refractivity contribution in [3.63, 3.8) is 0 Å². The quantitative estimate of drug-likeness (QED) is 0.145. The number of likely N-dealkylation sites (tertiary alicyclic amines) is 1. The molecule has 1 atom stereocenters. The number of carbonyl (C=O) groups is 2. The van der Waals surface area contributed by atoms with Gasteiger partial charge in [0.2, 0.25) is 0 Å². The predicted molar refractivity (Wildman–Crippen MR) is 132 cm³/mol. The zero-order chi connectivity index (χ0) is 25.4. The van der Waals surface area contributed by atoms with E-state index >= 15 is 0 Å². The molecule has 1 aliphatic heterocycles. The van der Waals surface area contributed by atoms with Crippen molar-refractivity contribution in [3.8, 4) is 0 Å². The van der Waals surface area contributed by atoms with Crippen LogP contribution in [-0.2, 0) is 16.0 Å². The number of aromatic nitrogens is 2. The second-order valence-electron chi connectivity index (χ2n) is 8.55. The Balaban J connectivity index is 1.65. The van der Waals surface area contributed by atoms with E-state index in [0.717, 1.165) is 5.56 Å². The summed E-state index contributed by atoms with van der Waals surface area (Å²) in [6, 6.07) is 19.7. The number of pyridine rings is 1. The fourth-order valence-electron chi connectivity index (χ4n) is 4.66. The van der Waals surface area contributed by atoms with E-state index in [-0.39, 0.29) is 23.6 Å². The molecule has 4 aromatic rings. The second kappa shape index (κ2) is 9.10. The van der Waals surface area contributed by atoms with Crippen LogP contribution in [0.3, 0.4) is 0 Å². The normalized spacial score (nSPS) is 17.1. The Morgan fingerprint density at radius 1 is 1.03 bits per heavy atom. The molecule has 0 radical (unpaired) electrons. The van der Waals surface area contributed by atoms with Crippen molar-refractivity contribution >= 4 is 28.8 Å². The van der Waals surface area contributed by atoms with Crippen LogP contribution in [0.2, 0.25) is 0 Å². The van der Waals surface area contributed by atoms with Crippen molar-refractivity contribution < 1.29 is 19.6 Å². The summed E-state index contributed by atoms with van der Waals surface area (Å²) < 4.78 is 1.66. The smallest absolute Gasteiger partial charge is 0.295 e. The van der Waals surface area contributed by atoms with Gasteiger partial charge in [-0.25, -0.2) is 4.98 Å². The van der Waals surface area contributed by atoms with E-state index in [9.17, 15) is 24.8 Å². The molecule has 0 spiro atoms. The molecule has 9 nitrogen and oxygen atoms in total. The minimum atomic E-state index is -0.914. The maximum absolute atomic E-state index is 13.3. The Hall–Kier alpha value is -4.79. The standard InChI is InChI=1S/C27H22N4O5/c1-17-23(29-15-6-5-9-21(29)28-17)25(32)22-24(19-10-12-20(13-11-19)31(35)36)30(27(34)26(22)33)16-14-18-7-3-2-4-8-18/h2-13,15,24,32H,14,16H2,1H3. The first kappa shape index (κ1) is 23.0. The molecule has 2 aromatic heterocycles. The molecule has 1 aliphatic rings. The summed E-state index contributed by atoms with van der Waals surface area (Å²) in [5.41, 5.74) is 2.69. The van der Waals surface area contributed by atoms with Crippen molar-refractivity contribution in [1.82, 2.24) is 14.3 Å². The van der Waals surface area contributed by atoms with Crippen LogP contribution >= 0.6 is 0 Å². The lowest BCUT2D eigenvalue weighted by atomic mass is 9.96. The van der Waals surface area contributed by atoms with Crippen molar-refractivity contribution in [2.45, 2.75) is 19.4 Å². The molecule has 0 aliphatic carbocycles. The number of rotatable bonds is 6. The van der Waals surface area contributed by atoms with Crippen LogP contribution in [0.5, 0.6) is 0 Å². The number of ketones is 1. The first-order valence-corrected chi connectivity index (χ1v) is 11.4. The van der Waals surface area contributed by atoms with Crippen molar-refractivity contribution in [2.24, 2.45) is 0 Å². The van der Waals surface area contributed by atoms with Gasteiger partial charge in [0, 0.05) is 24.9 Å². The summed E-state index contributed by atoms with van der Waals surface area (Å²) in [5.74, 6) is -1.88. The highest BCUT2D eigenvalue weighted by Crippen LogP contribution is 2.40. The molecule has 5 rings (SSSR count). The SMILES string of the molecule is Cc1nc2ccccn2c1C(O)=C1C(=O)C(=O)N(CCc2ccccc2)C1c1ccc([N+](=O)[O-])cc1. The predicted octanol–water partition coefficient (Wildman–Crippen LogP) is 4.22. The van der Waals surface area contributed by atoms with Crippen LogP contribution < -0.4 is 0 Å². The lowest BCUT2D eigenvalue weighted by Gasteiger charge is -2.25. The highest BCUT2D eigenvalue weighted by atomic mass is 16.6. The van der Waals surface area contributed by atoms with Gasteiger partial charge in [0.05, 0.1) is 22.2 Å². The molecule has 0 bridgehead atoms. The zero-order valence-corrected chi connectivity index (χ0v) is 19.4. The number of imidazole rings is 1. The van der Waals surface area contributed by atoms with E-state index < -0.39 is 22.7 Å². The van der Waals surface area contributed by atoms with E-state index in [1.165, 1.54) is 29.2 Å². The first-order chi connectivity index (χ1) is 17.4. The minimum Gasteiger partial charge on any atom is -0.505 e. The Morgan fingerprint density at radius 3 is 2.42 bits per heavy atom. The summed E-state index contributed by atoms with van der Waals surface area (Å²) in [5, 5.41) is 22.6.